The molecular weight excluding hydrogens is 120 g/mol. The van der Waals surface area contributed by atoms with E-state index in [1.54, 1.807) is 0 Å². The monoisotopic (exact) mass is 132 g/mol. The lowest BCUT2D eigenvalue weighted by Crippen LogP contribution is -2.26. The summed E-state index contributed by atoms with van der Waals surface area (Å²) in [4.78, 5) is 0. The average molecular weight is 132 g/mol. The smallest absolute Gasteiger partial charge is 0.0641 e. The van der Waals surface area contributed by atoms with Gasteiger partial charge in [0.05, 0.1) is 12.2 Å². The predicted octanol–water partition coefficient (Wildman–Crippen LogP) is 1.53. The summed E-state index contributed by atoms with van der Waals surface area (Å²) in [7, 11) is 0. The number of ether oxygens (including phenoxy) is 1. The third-order valence-electron chi connectivity index (χ3n) is 1.17. The topological polar surface area (TPSA) is 9.23 Å². The maximum Gasteiger partial charge on any atom is 0.0641 e. The molecule has 2 heteroatoms. The van der Waals surface area contributed by atoms with Crippen LogP contribution in [0.15, 0.2) is 0 Å². The van der Waals surface area contributed by atoms with Crippen LogP contribution in [-0.2, 0) is 4.74 Å². The van der Waals surface area contributed by atoms with Crippen molar-refractivity contribution in [1.29, 1.82) is 0 Å². The minimum Gasteiger partial charge on any atom is -0.374 e. The van der Waals surface area contributed by atoms with E-state index in [0.29, 0.717) is 12.2 Å². The van der Waals surface area contributed by atoms with Gasteiger partial charge in [-0.15, -0.1) is 0 Å². The second-order valence-corrected chi connectivity index (χ2v) is 3.37. The maximum absolute atomic E-state index is 5.47. The molecule has 1 aliphatic heterocycles. The Kier molecular flexibility index (Phi) is 2.20. The van der Waals surface area contributed by atoms with Crippen molar-refractivity contribution < 1.29 is 4.74 Å². The van der Waals surface area contributed by atoms with Gasteiger partial charge in [-0.2, -0.15) is 11.8 Å². The molecule has 0 amide bonds. The lowest BCUT2D eigenvalue weighted by Gasteiger charge is -2.24. The first-order valence-corrected chi connectivity index (χ1v) is 4.17. The van der Waals surface area contributed by atoms with Crippen LogP contribution in [0.4, 0.5) is 0 Å². The molecule has 1 nitrogen and oxygen atoms in total. The summed E-state index contributed by atoms with van der Waals surface area (Å²) < 4.78 is 5.47. The van der Waals surface area contributed by atoms with E-state index in [0.717, 1.165) is 0 Å². The first-order valence-electron chi connectivity index (χ1n) is 3.02. The maximum atomic E-state index is 5.47. The van der Waals surface area contributed by atoms with Gasteiger partial charge in [0, 0.05) is 11.5 Å². The molecule has 0 aromatic rings. The standard InChI is InChI=1S/C6H12OS/c1-5-3-8-4-6(2)7-5/h5-6H,3-4H2,1-2H3. The Morgan fingerprint density at radius 2 is 1.75 bits per heavy atom. The third kappa shape index (κ3) is 1.67. The van der Waals surface area contributed by atoms with Crippen LogP contribution in [0.3, 0.4) is 0 Å². The van der Waals surface area contributed by atoms with Crippen molar-refractivity contribution >= 4 is 11.8 Å². The quantitative estimate of drug-likeness (QED) is 0.494. The summed E-state index contributed by atoms with van der Waals surface area (Å²) in [6.07, 6.45) is 0.951. The molecule has 0 saturated carbocycles. The molecule has 0 spiro atoms. The molecule has 0 bridgehead atoms. The number of rotatable bonds is 0. The Balaban J connectivity index is 2.23. The van der Waals surface area contributed by atoms with Crippen molar-refractivity contribution in [2.45, 2.75) is 26.1 Å². The van der Waals surface area contributed by atoms with Gasteiger partial charge in [-0.1, -0.05) is 0 Å². The summed E-state index contributed by atoms with van der Waals surface area (Å²) in [5.41, 5.74) is 0. The lowest BCUT2D eigenvalue weighted by molar-refractivity contribution is 0.0292. The fraction of sp³-hybridized carbons (Fsp3) is 1.00. The van der Waals surface area contributed by atoms with Crippen LogP contribution in [0.1, 0.15) is 13.8 Å². The molecule has 1 aliphatic rings. The van der Waals surface area contributed by atoms with E-state index in [1.165, 1.54) is 11.5 Å². The first kappa shape index (κ1) is 6.43. The Labute approximate surface area is 54.8 Å². The van der Waals surface area contributed by atoms with E-state index < -0.39 is 0 Å². The van der Waals surface area contributed by atoms with Gasteiger partial charge in [0.1, 0.15) is 0 Å². The van der Waals surface area contributed by atoms with Crippen molar-refractivity contribution in [2.75, 3.05) is 11.5 Å². The van der Waals surface area contributed by atoms with Gasteiger partial charge in [0.2, 0.25) is 0 Å². The molecule has 1 fully saturated rings. The molecule has 0 aliphatic carbocycles. The zero-order valence-corrected chi connectivity index (χ0v) is 6.20. The van der Waals surface area contributed by atoms with Gasteiger partial charge < -0.3 is 4.74 Å². The minimum atomic E-state index is 0.476. The normalized spacial score (nSPS) is 39.8. The molecule has 1 saturated heterocycles. The molecule has 0 aromatic carbocycles. The van der Waals surface area contributed by atoms with Crippen molar-refractivity contribution in [3.05, 3.63) is 0 Å². The predicted molar refractivity (Wildman–Crippen MR) is 37.3 cm³/mol. The van der Waals surface area contributed by atoms with Crippen LogP contribution in [-0.4, -0.2) is 23.7 Å². The summed E-state index contributed by atoms with van der Waals surface area (Å²) >= 11 is 1.99. The fourth-order valence-electron chi connectivity index (χ4n) is 0.875. The highest BCUT2D eigenvalue weighted by molar-refractivity contribution is 7.99. The second kappa shape index (κ2) is 2.74. The molecule has 1 rings (SSSR count). The summed E-state index contributed by atoms with van der Waals surface area (Å²) in [6.45, 7) is 4.26. The van der Waals surface area contributed by atoms with Gasteiger partial charge >= 0.3 is 0 Å². The average Bonchev–Trinajstić information content (AvgIpc) is 1.64. The van der Waals surface area contributed by atoms with Gasteiger partial charge in [-0.3, -0.25) is 0 Å². The molecule has 8 heavy (non-hydrogen) atoms. The third-order valence-corrected chi connectivity index (χ3v) is 2.58. The van der Waals surface area contributed by atoms with E-state index in [2.05, 4.69) is 13.8 Å². The zero-order chi connectivity index (χ0) is 5.98. The van der Waals surface area contributed by atoms with Crippen molar-refractivity contribution in [3.63, 3.8) is 0 Å². The summed E-state index contributed by atoms with van der Waals surface area (Å²) in [5, 5.41) is 0. The Morgan fingerprint density at radius 3 is 2.00 bits per heavy atom. The summed E-state index contributed by atoms with van der Waals surface area (Å²) in [6, 6.07) is 0. The number of hydrogen-bond acceptors (Lipinski definition) is 2. The molecule has 48 valence electrons. The van der Waals surface area contributed by atoms with Gasteiger partial charge in [-0.05, 0) is 13.8 Å². The molecule has 1 heterocycles. The molecule has 2 atom stereocenters. The van der Waals surface area contributed by atoms with E-state index in [1.807, 2.05) is 11.8 Å². The number of thioether (sulfide) groups is 1. The Hall–Kier alpha value is 0.310. The van der Waals surface area contributed by atoms with Crippen LogP contribution in [0, 0.1) is 0 Å². The van der Waals surface area contributed by atoms with Crippen LogP contribution in [0.5, 0.6) is 0 Å². The highest BCUT2D eigenvalue weighted by atomic mass is 32.2. The van der Waals surface area contributed by atoms with Crippen molar-refractivity contribution in [2.24, 2.45) is 0 Å². The van der Waals surface area contributed by atoms with Crippen LogP contribution in [0.25, 0.3) is 0 Å². The van der Waals surface area contributed by atoms with Crippen LogP contribution < -0.4 is 0 Å². The van der Waals surface area contributed by atoms with Crippen molar-refractivity contribution in [1.82, 2.24) is 0 Å². The highest BCUT2D eigenvalue weighted by Crippen LogP contribution is 2.16. The molecular formula is C6H12OS. The number of hydrogen-bond donors (Lipinski definition) is 0. The largest absolute Gasteiger partial charge is 0.374 e. The molecule has 2 unspecified atom stereocenters. The minimum absolute atomic E-state index is 0.476. The lowest BCUT2D eigenvalue weighted by atomic mass is 10.4. The van der Waals surface area contributed by atoms with E-state index in [4.69, 9.17) is 4.74 Å². The Bertz CT molecular complexity index is 66.9. The van der Waals surface area contributed by atoms with E-state index >= 15 is 0 Å². The SMILES string of the molecule is CC1CSCC(C)O1. The highest BCUT2D eigenvalue weighted by Gasteiger charge is 2.14. The van der Waals surface area contributed by atoms with Gasteiger partial charge in [0.15, 0.2) is 0 Å². The van der Waals surface area contributed by atoms with Crippen LogP contribution in [0.2, 0.25) is 0 Å². The Morgan fingerprint density at radius 1 is 1.25 bits per heavy atom. The van der Waals surface area contributed by atoms with E-state index in [-0.39, 0.29) is 0 Å². The fourth-order valence-corrected chi connectivity index (χ4v) is 1.83. The summed E-state index contributed by atoms with van der Waals surface area (Å²) in [5.74, 6) is 2.34. The van der Waals surface area contributed by atoms with Gasteiger partial charge in [-0.25, -0.2) is 0 Å². The zero-order valence-electron chi connectivity index (χ0n) is 5.39. The van der Waals surface area contributed by atoms with Crippen molar-refractivity contribution in [3.8, 4) is 0 Å². The first-order chi connectivity index (χ1) is 3.79. The molecule has 0 aromatic heterocycles. The molecule has 0 N–H and O–H groups in total. The second-order valence-electron chi connectivity index (χ2n) is 2.29. The van der Waals surface area contributed by atoms with Gasteiger partial charge in [0.25, 0.3) is 0 Å². The van der Waals surface area contributed by atoms with E-state index in [9.17, 15) is 0 Å². The molecule has 0 radical (unpaired) electrons. The van der Waals surface area contributed by atoms with Crippen LogP contribution >= 0.6 is 11.8 Å².